The summed E-state index contributed by atoms with van der Waals surface area (Å²) in [6, 6.07) is 11.2. The van der Waals surface area contributed by atoms with Crippen molar-refractivity contribution in [3.05, 3.63) is 80.5 Å². The number of fused-ring (bicyclic) bond motifs is 2. The van der Waals surface area contributed by atoms with Gasteiger partial charge < -0.3 is 27.8 Å². The predicted octanol–water partition coefficient (Wildman–Crippen LogP) is 2.93. The molecule has 0 aliphatic carbocycles. The number of methoxy groups -OCH3 is 2. The van der Waals surface area contributed by atoms with E-state index in [-0.39, 0.29) is 46.7 Å². The topological polar surface area (TPSA) is 131 Å². The van der Waals surface area contributed by atoms with Gasteiger partial charge in [0.25, 0.3) is 0 Å². The Balaban J connectivity index is 1.37. The van der Waals surface area contributed by atoms with Crippen LogP contribution in [-0.4, -0.2) is 39.4 Å². The van der Waals surface area contributed by atoms with Crippen LogP contribution in [0.1, 0.15) is 21.1 Å². The third kappa shape index (κ3) is 4.60. The quantitative estimate of drug-likeness (QED) is 0.296. The normalized spacial score (nSPS) is 10.8. The van der Waals surface area contributed by atoms with E-state index < -0.39 is 22.8 Å². The van der Waals surface area contributed by atoms with Gasteiger partial charge in [0.1, 0.15) is 35.9 Å². The fourth-order valence-corrected chi connectivity index (χ4v) is 3.14. The number of ether oxygens (including phenoxy) is 4. The molecular weight excluding hydrogens is 448 g/mol. The highest BCUT2D eigenvalue weighted by Crippen LogP contribution is 2.20. The fraction of sp³-hybridized carbons (Fsp3) is 0.167. The molecule has 2 aromatic carbocycles. The lowest BCUT2D eigenvalue weighted by molar-refractivity contribution is 0.0230. The highest BCUT2D eigenvalue weighted by Gasteiger charge is 2.17. The van der Waals surface area contributed by atoms with Crippen molar-refractivity contribution in [2.24, 2.45) is 0 Å². The van der Waals surface area contributed by atoms with Gasteiger partial charge in [0.2, 0.25) is 11.5 Å². The molecule has 0 aliphatic rings. The molecule has 10 heteroatoms. The largest absolute Gasteiger partial charge is 0.497 e. The van der Waals surface area contributed by atoms with Gasteiger partial charge in [-0.2, -0.15) is 0 Å². The van der Waals surface area contributed by atoms with Gasteiger partial charge >= 0.3 is 11.9 Å². The molecule has 10 nitrogen and oxygen atoms in total. The van der Waals surface area contributed by atoms with E-state index in [0.717, 1.165) is 12.1 Å². The average molecular weight is 466 g/mol. The van der Waals surface area contributed by atoms with Gasteiger partial charge in [-0.05, 0) is 36.4 Å². The van der Waals surface area contributed by atoms with E-state index in [4.69, 9.17) is 27.8 Å². The van der Waals surface area contributed by atoms with Crippen molar-refractivity contribution >= 4 is 33.9 Å². The summed E-state index contributed by atoms with van der Waals surface area (Å²) >= 11 is 0. The Kier molecular flexibility index (Phi) is 6.30. The van der Waals surface area contributed by atoms with Crippen LogP contribution in [0, 0.1) is 0 Å². The summed E-state index contributed by atoms with van der Waals surface area (Å²) in [4.78, 5) is 49.0. The second kappa shape index (κ2) is 9.49. The molecule has 0 fully saturated rings. The molecule has 4 rings (SSSR count). The van der Waals surface area contributed by atoms with Gasteiger partial charge in [-0.25, -0.2) is 9.59 Å². The Bertz CT molecular complexity index is 1400. The highest BCUT2D eigenvalue weighted by molar-refractivity contribution is 5.90. The van der Waals surface area contributed by atoms with Gasteiger partial charge in [-0.15, -0.1) is 0 Å². The van der Waals surface area contributed by atoms with Crippen LogP contribution in [0.15, 0.2) is 67.0 Å². The molecule has 0 bridgehead atoms. The molecule has 2 heterocycles. The molecular formula is C24H18O10. The Morgan fingerprint density at radius 3 is 1.47 bits per heavy atom. The second-order valence-electron chi connectivity index (χ2n) is 6.95. The smallest absolute Gasteiger partial charge is 0.374 e. The third-order valence-corrected chi connectivity index (χ3v) is 4.82. The summed E-state index contributed by atoms with van der Waals surface area (Å²) in [7, 11) is 2.93. The number of carbonyl (C=O) groups is 2. The van der Waals surface area contributed by atoms with Crippen LogP contribution in [0.3, 0.4) is 0 Å². The molecule has 0 unspecified atom stereocenters. The highest BCUT2D eigenvalue weighted by atomic mass is 16.6. The van der Waals surface area contributed by atoms with Crippen molar-refractivity contribution in [2.75, 3.05) is 27.4 Å². The molecule has 4 aromatic rings. The van der Waals surface area contributed by atoms with Gasteiger partial charge in [0.15, 0.2) is 10.9 Å². The number of esters is 2. The van der Waals surface area contributed by atoms with Gasteiger partial charge in [0, 0.05) is 12.1 Å². The predicted molar refractivity (Wildman–Crippen MR) is 119 cm³/mol. The number of carbonyl (C=O) groups excluding carboxylic acids is 2. The first-order valence-electron chi connectivity index (χ1n) is 9.97. The van der Waals surface area contributed by atoms with E-state index >= 15 is 0 Å². The molecule has 174 valence electrons. The Morgan fingerprint density at radius 2 is 1.09 bits per heavy atom. The minimum atomic E-state index is -0.906. The Hall–Kier alpha value is -4.60. The van der Waals surface area contributed by atoms with Crippen LogP contribution in [0.25, 0.3) is 21.9 Å². The van der Waals surface area contributed by atoms with Crippen LogP contribution in [0.2, 0.25) is 0 Å². The lowest BCUT2D eigenvalue weighted by Crippen LogP contribution is -2.16. The first-order valence-corrected chi connectivity index (χ1v) is 9.97. The molecule has 0 amide bonds. The summed E-state index contributed by atoms with van der Waals surface area (Å²) in [5, 5.41) is 0.500. The number of rotatable bonds is 7. The molecule has 34 heavy (non-hydrogen) atoms. The van der Waals surface area contributed by atoms with Crippen molar-refractivity contribution in [1.82, 2.24) is 0 Å². The van der Waals surface area contributed by atoms with Crippen molar-refractivity contribution in [3.8, 4) is 11.5 Å². The lowest BCUT2D eigenvalue weighted by atomic mass is 10.2. The van der Waals surface area contributed by atoms with Crippen molar-refractivity contribution in [3.63, 3.8) is 0 Å². The maximum Gasteiger partial charge on any atom is 0.374 e. The van der Waals surface area contributed by atoms with Gasteiger partial charge in [-0.3, -0.25) is 9.59 Å². The van der Waals surface area contributed by atoms with E-state index in [2.05, 4.69) is 0 Å². The van der Waals surface area contributed by atoms with Crippen LogP contribution < -0.4 is 20.3 Å². The Morgan fingerprint density at radius 1 is 0.676 bits per heavy atom. The van der Waals surface area contributed by atoms with Crippen molar-refractivity contribution < 1.29 is 37.4 Å². The summed E-state index contributed by atoms with van der Waals surface area (Å²) in [6.07, 6.45) is 0. The third-order valence-electron chi connectivity index (χ3n) is 4.82. The van der Waals surface area contributed by atoms with E-state index in [0.29, 0.717) is 11.5 Å². The zero-order valence-corrected chi connectivity index (χ0v) is 18.1. The minimum Gasteiger partial charge on any atom is -0.497 e. The fourth-order valence-electron chi connectivity index (χ4n) is 3.14. The maximum atomic E-state index is 12.3. The molecule has 0 atom stereocenters. The van der Waals surface area contributed by atoms with Crippen LogP contribution in [-0.2, 0) is 9.47 Å². The zero-order chi connectivity index (χ0) is 24.2. The van der Waals surface area contributed by atoms with Crippen molar-refractivity contribution in [1.29, 1.82) is 0 Å². The number of hydrogen-bond acceptors (Lipinski definition) is 10. The van der Waals surface area contributed by atoms with Crippen molar-refractivity contribution in [2.45, 2.75) is 0 Å². The zero-order valence-electron chi connectivity index (χ0n) is 18.1. The Labute approximate surface area is 191 Å². The summed E-state index contributed by atoms with van der Waals surface area (Å²) < 4.78 is 31.0. The number of benzene rings is 2. The molecule has 0 saturated carbocycles. The summed E-state index contributed by atoms with van der Waals surface area (Å²) in [6.45, 7) is -0.631. The van der Waals surface area contributed by atoms with Crippen LogP contribution >= 0.6 is 0 Å². The summed E-state index contributed by atoms with van der Waals surface area (Å²) in [5.41, 5.74) is -0.503. The standard InChI is InChI=1S/C24H18O10/c1-29-13-3-5-19-15(9-13)17(25)11-21(33-19)23(27)31-7-8-32-24(28)22-12-18(26)16-10-14(30-2)4-6-20(16)34-22/h3-6,9-12H,7-8H2,1-2H3. The molecule has 0 saturated heterocycles. The first kappa shape index (κ1) is 22.6. The second-order valence-corrected chi connectivity index (χ2v) is 6.95. The van der Waals surface area contributed by atoms with E-state index in [9.17, 15) is 19.2 Å². The van der Waals surface area contributed by atoms with E-state index in [1.165, 1.54) is 38.5 Å². The maximum absolute atomic E-state index is 12.3. The minimum absolute atomic E-state index is 0.190. The van der Waals surface area contributed by atoms with Gasteiger partial charge in [-0.1, -0.05) is 0 Å². The number of hydrogen-bond donors (Lipinski definition) is 0. The molecule has 0 spiro atoms. The lowest BCUT2D eigenvalue weighted by Gasteiger charge is -2.07. The monoisotopic (exact) mass is 466 g/mol. The molecule has 0 aliphatic heterocycles. The van der Waals surface area contributed by atoms with Crippen LogP contribution in [0.5, 0.6) is 11.5 Å². The molecule has 0 N–H and O–H groups in total. The van der Waals surface area contributed by atoms with E-state index in [1.54, 1.807) is 12.1 Å². The summed E-state index contributed by atoms with van der Waals surface area (Å²) in [5.74, 6) is -1.47. The first-order chi connectivity index (χ1) is 16.4. The van der Waals surface area contributed by atoms with Crippen LogP contribution in [0.4, 0.5) is 0 Å². The van der Waals surface area contributed by atoms with Gasteiger partial charge in [0.05, 0.1) is 25.0 Å². The molecule has 2 aromatic heterocycles. The SMILES string of the molecule is COc1ccc2oc(C(=O)OCCOC(=O)c3cc(=O)c4cc(OC)ccc4o3)cc(=O)c2c1. The van der Waals surface area contributed by atoms with E-state index in [1.807, 2.05) is 0 Å². The molecule has 0 radical (unpaired) electrons. The average Bonchev–Trinajstić information content (AvgIpc) is 2.85.